The average Bonchev–Trinajstić information content (AvgIpc) is 2.03. The highest BCUT2D eigenvalue weighted by Crippen LogP contribution is 2.20. The lowest BCUT2D eigenvalue weighted by molar-refractivity contribution is -0.0472. The fourth-order valence-corrected chi connectivity index (χ4v) is 1.43. The highest BCUT2D eigenvalue weighted by molar-refractivity contribution is 4.85. The molecule has 2 nitrogen and oxygen atoms in total. The van der Waals surface area contributed by atoms with E-state index in [9.17, 15) is 5.11 Å². The fraction of sp³-hybridized carbons (Fsp3) is 0.778. The first-order valence-electron chi connectivity index (χ1n) is 4.07. The van der Waals surface area contributed by atoms with Gasteiger partial charge in [-0.2, -0.15) is 0 Å². The van der Waals surface area contributed by atoms with E-state index in [1.807, 2.05) is 0 Å². The van der Waals surface area contributed by atoms with Crippen LogP contribution in [0.1, 0.15) is 25.7 Å². The predicted molar refractivity (Wildman–Crippen MR) is 43.0 cm³/mol. The summed E-state index contributed by atoms with van der Waals surface area (Å²) in [6.45, 7) is 0.321. The second-order valence-electron chi connectivity index (χ2n) is 2.91. The van der Waals surface area contributed by atoms with Crippen LogP contribution in [-0.4, -0.2) is 23.9 Å². The molecule has 1 saturated carbocycles. The molecule has 1 N–H and O–H groups in total. The van der Waals surface area contributed by atoms with Gasteiger partial charge in [0.2, 0.25) is 0 Å². The zero-order chi connectivity index (χ0) is 8.10. The highest BCUT2D eigenvalue weighted by Gasteiger charge is 2.22. The van der Waals surface area contributed by atoms with Gasteiger partial charge in [0.1, 0.15) is 6.61 Å². The van der Waals surface area contributed by atoms with Crippen molar-refractivity contribution < 1.29 is 9.84 Å². The molecule has 62 valence electrons. The van der Waals surface area contributed by atoms with E-state index < -0.39 is 0 Å². The van der Waals surface area contributed by atoms with E-state index in [1.165, 1.54) is 0 Å². The summed E-state index contributed by atoms with van der Waals surface area (Å²) in [7, 11) is 0. The van der Waals surface area contributed by atoms with Crippen molar-refractivity contribution in [3.05, 3.63) is 0 Å². The molecule has 1 aliphatic carbocycles. The second kappa shape index (κ2) is 4.38. The maximum Gasteiger partial charge on any atom is 0.107 e. The van der Waals surface area contributed by atoms with Crippen molar-refractivity contribution in [2.45, 2.75) is 37.9 Å². The molecule has 1 aliphatic rings. The molecule has 0 amide bonds. The Morgan fingerprint density at radius 3 is 2.82 bits per heavy atom. The van der Waals surface area contributed by atoms with Crippen LogP contribution in [0.3, 0.4) is 0 Å². The van der Waals surface area contributed by atoms with Crippen LogP contribution in [0, 0.1) is 12.3 Å². The summed E-state index contributed by atoms with van der Waals surface area (Å²) >= 11 is 0. The Morgan fingerprint density at radius 2 is 2.18 bits per heavy atom. The molecular weight excluding hydrogens is 140 g/mol. The lowest BCUT2D eigenvalue weighted by Gasteiger charge is -2.26. The van der Waals surface area contributed by atoms with Gasteiger partial charge in [0, 0.05) is 0 Å². The molecule has 1 fully saturated rings. The molecule has 11 heavy (non-hydrogen) atoms. The minimum Gasteiger partial charge on any atom is -0.390 e. The third-order valence-electron chi connectivity index (χ3n) is 2.05. The summed E-state index contributed by atoms with van der Waals surface area (Å²) in [4.78, 5) is 0. The van der Waals surface area contributed by atoms with E-state index in [-0.39, 0.29) is 12.2 Å². The van der Waals surface area contributed by atoms with E-state index in [4.69, 9.17) is 11.2 Å². The van der Waals surface area contributed by atoms with Crippen molar-refractivity contribution in [1.29, 1.82) is 0 Å². The van der Waals surface area contributed by atoms with Crippen molar-refractivity contribution in [1.82, 2.24) is 0 Å². The predicted octanol–water partition coefficient (Wildman–Crippen LogP) is 0.940. The number of hydrogen-bond acceptors (Lipinski definition) is 2. The number of aliphatic hydroxyl groups is 1. The largest absolute Gasteiger partial charge is 0.390 e. The normalized spacial score (nSPS) is 31.3. The molecule has 0 aromatic heterocycles. The molecule has 0 aromatic carbocycles. The number of hydrogen-bond donors (Lipinski definition) is 1. The monoisotopic (exact) mass is 154 g/mol. The quantitative estimate of drug-likeness (QED) is 0.600. The lowest BCUT2D eigenvalue weighted by Crippen LogP contribution is -2.32. The molecule has 0 unspecified atom stereocenters. The fourth-order valence-electron chi connectivity index (χ4n) is 1.43. The summed E-state index contributed by atoms with van der Waals surface area (Å²) in [5, 5.41) is 9.40. The van der Waals surface area contributed by atoms with Gasteiger partial charge in [-0.25, -0.2) is 0 Å². The van der Waals surface area contributed by atoms with Gasteiger partial charge in [0.15, 0.2) is 0 Å². The van der Waals surface area contributed by atoms with Crippen LogP contribution in [0.15, 0.2) is 0 Å². The third-order valence-corrected chi connectivity index (χ3v) is 2.05. The Hall–Kier alpha value is -0.520. The Labute approximate surface area is 67.6 Å². The Kier molecular flexibility index (Phi) is 3.41. The summed E-state index contributed by atoms with van der Waals surface area (Å²) < 4.78 is 5.26. The maximum absolute atomic E-state index is 9.40. The summed E-state index contributed by atoms with van der Waals surface area (Å²) in [6, 6.07) is 0. The van der Waals surface area contributed by atoms with Crippen molar-refractivity contribution in [3.8, 4) is 12.3 Å². The molecular formula is C9H14O2. The van der Waals surface area contributed by atoms with Gasteiger partial charge in [0.25, 0.3) is 0 Å². The summed E-state index contributed by atoms with van der Waals surface area (Å²) in [6.07, 6.45) is 8.78. The molecule has 0 saturated heterocycles. The molecule has 1 rings (SSSR count). The van der Waals surface area contributed by atoms with Gasteiger partial charge >= 0.3 is 0 Å². The van der Waals surface area contributed by atoms with Gasteiger partial charge in [0.05, 0.1) is 12.2 Å². The van der Waals surface area contributed by atoms with Crippen molar-refractivity contribution in [2.24, 2.45) is 0 Å². The van der Waals surface area contributed by atoms with Crippen LogP contribution in [-0.2, 0) is 4.74 Å². The summed E-state index contributed by atoms with van der Waals surface area (Å²) in [5.74, 6) is 2.40. The number of terminal acetylenes is 1. The van der Waals surface area contributed by atoms with Crippen molar-refractivity contribution in [2.75, 3.05) is 6.61 Å². The minimum atomic E-state index is -0.294. The van der Waals surface area contributed by atoms with Crippen molar-refractivity contribution in [3.63, 3.8) is 0 Å². The Bertz CT molecular complexity index is 148. The molecule has 2 atom stereocenters. The lowest BCUT2D eigenvalue weighted by atomic mass is 9.95. The minimum absolute atomic E-state index is 0.0141. The molecule has 0 aromatic rings. The SMILES string of the molecule is C#CCO[C@H]1CCCC[C@@H]1O. The first-order chi connectivity index (χ1) is 5.34. The van der Waals surface area contributed by atoms with E-state index in [0.717, 1.165) is 25.7 Å². The smallest absolute Gasteiger partial charge is 0.107 e. The average molecular weight is 154 g/mol. The van der Waals surface area contributed by atoms with E-state index >= 15 is 0 Å². The first-order valence-corrected chi connectivity index (χ1v) is 4.07. The van der Waals surface area contributed by atoms with E-state index in [1.54, 1.807) is 0 Å². The van der Waals surface area contributed by atoms with Crippen molar-refractivity contribution >= 4 is 0 Å². The molecule has 0 radical (unpaired) electrons. The molecule has 2 heteroatoms. The third kappa shape index (κ3) is 2.53. The van der Waals surface area contributed by atoms with Crippen LogP contribution in [0.2, 0.25) is 0 Å². The zero-order valence-corrected chi connectivity index (χ0v) is 6.62. The van der Waals surface area contributed by atoms with Crippen LogP contribution < -0.4 is 0 Å². The van der Waals surface area contributed by atoms with Gasteiger partial charge in [-0.3, -0.25) is 0 Å². The number of aliphatic hydroxyl groups excluding tert-OH is 1. The molecule has 0 spiro atoms. The first kappa shape index (κ1) is 8.58. The Morgan fingerprint density at radius 1 is 1.45 bits per heavy atom. The Balaban J connectivity index is 2.25. The standard InChI is InChI=1S/C9H14O2/c1-2-7-11-9-6-4-3-5-8(9)10/h1,8-10H,3-7H2/t8-,9-/m0/s1. The van der Waals surface area contributed by atoms with Crippen LogP contribution >= 0.6 is 0 Å². The number of ether oxygens (including phenoxy) is 1. The van der Waals surface area contributed by atoms with Crippen LogP contribution in [0.5, 0.6) is 0 Å². The summed E-state index contributed by atoms with van der Waals surface area (Å²) in [5.41, 5.74) is 0. The van der Waals surface area contributed by atoms with Gasteiger partial charge in [-0.15, -0.1) is 6.42 Å². The number of rotatable bonds is 2. The van der Waals surface area contributed by atoms with Crippen LogP contribution in [0.25, 0.3) is 0 Å². The van der Waals surface area contributed by atoms with Gasteiger partial charge in [-0.05, 0) is 12.8 Å². The van der Waals surface area contributed by atoms with Crippen LogP contribution in [0.4, 0.5) is 0 Å². The topological polar surface area (TPSA) is 29.5 Å². The molecule has 0 heterocycles. The van der Waals surface area contributed by atoms with E-state index in [2.05, 4.69) is 5.92 Å². The molecule has 0 bridgehead atoms. The van der Waals surface area contributed by atoms with E-state index in [0.29, 0.717) is 6.61 Å². The highest BCUT2D eigenvalue weighted by atomic mass is 16.5. The zero-order valence-electron chi connectivity index (χ0n) is 6.62. The van der Waals surface area contributed by atoms with Gasteiger partial charge < -0.3 is 9.84 Å². The maximum atomic E-state index is 9.40. The molecule has 0 aliphatic heterocycles. The van der Waals surface area contributed by atoms with Gasteiger partial charge in [-0.1, -0.05) is 18.8 Å². The second-order valence-corrected chi connectivity index (χ2v) is 2.91.